The van der Waals surface area contributed by atoms with Gasteiger partial charge in [0.1, 0.15) is 0 Å². The molecule has 40 heavy (non-hydrogen) atoms. The van der Waals surface area contributed by atoms with Gasteiger partial charge >= 0.3 is 0 Å². The van der Waals surface area contributed by atoms with Crippen LogP contribution < -0.4 is 5.19 Å². The van der Waals surface area contributed by atoms with Gasteiger partial charge in [-0.1, -0.05) is 80.5 Å². The Kier molecular flexibility index (Phi) is 9.53. The largest absolute Gasteiger partial charge is 0.304 e. The maximum atomic E-state index is 4.61. The Hall–Kier alpha value is -2.95. The van der Waals surface area contributed by atoms with Crippen molar-refractivity contribution in [1.82, 2.24) is 9.97 Å². The molecule has 2 nitrogen and oxygen atoms in total. The smallest absolute Gasteiger partial charge is 0.0776 e. The quantitative estimate of drug-likeness (QED) is 0.133. The first-order chi connectivity index (χ1) is 18.7. The van der Waals surface area contributed by atoms with E-state index in [1.54, 1.807) is 0 Å². The molecule has 0 spiro atoms. The van der Waals surface area contributed by atoms with E-state index in [0.717, 1.165) is 22.5 Å². The average molecular weight is 735 g/mol. The minimum Gasteiger partial charge on any atom is -0.304 e. The minimum atomic E-state index is -1.30. The molecule has 0 bridgehead atoms. The van der Waals surface area contributed by atoms with E-state index in [-0.39, 0.29) is 20.1 Å². The van der Waals surface area contributed by atoms with Crippen molar-refractivity contribution in [3.8, 4) is 22.5 Å². The Morgan fingerprint density at radius 3 is 2.17 bits per heavy atom. The molecule has 5 heteroatoms. The predicted octanol–water partition coefficient (Wildman–Crippen LogP) is 9.44. The Bertz CT molecular complexity index is 1700. The van der Waals surface area contributed by atoms with Crippen molar-refractivity contribution in [2.24, 2.45) is 0 Å². The van der Waals surface area contributed by atoms with E-state index in [1.165, 1.54) is 36.5 Å². The van der Waals surface area contributed by atoms with E-state index < -0.39 is 8.07 Å². The van der Waals surface area contributed by atoms with Crippen LogP contribution in [0.3, 0.4) is 0 Å². The number of fused-ring (bicyclic) bond motifs is 3. The first kappa shape index (κ1) is 30.0. The number of benzene rings is 3. The van der Waals surface area contributed by atoms with Crippen molar-refractivity contribution in [3.63, 3.8) is 0 Å². The van der Waals surface area contributed by atoms with Crippen LogP contribution in [0.1, 0.15) is 30.9 Å². The summed E-state index contributed by atoms with van der Waals surface area (Å²) in [6.45, 7) is 13.6. The molecule has 0 atom stereocenters. The molecule has 0 saturated carbocycles. The van der Waals surface area contributed by atoms with Gasteiger partial charge in [0.2, 0.25) is 0 Å². The van der Waals surface area contributed by atoms with Gasteiger partial charge in [0.15, 0.2) is 0 Å². The molecule has 6 rings (SSSR count). The standard InChI is InChI=1S/C21H20NSSi.C14H14N.Ir/c1-14-8-11-19(22-13-14)18-7-5-6-17-16-10-9-15(24(2,3)4)12-20(16)23-21(17)18;1-11(2)13-8-9-14(15-10-13)12-6-4-3-5-7-12;/h5-6,8-13H,1-4H3;3-6,8-11H,1-2H3;/q2*-1;. The van der Waals surface area contributed by atoms with Crippen LogP contribution in [0.25, 0.3) is 42.7 Å². The summed E-state index contributed by atoms with van der Waals surface area (Å²) in [5, 5.41) is 4.17. The topological polar surface area (TPSA) is 25.8 Å². The summed E-state index contributed by atoms with van der Waals surface area (Å²) in [5.41, 5.74) is 6.61. The van der Waals surface area contributed by atoms with Crippen molar-refractivity contribution in [1.29, 1.82) is 0 Å². The number of aryl methyl sites for hydroxylation is 1. The molecule has 0 amide bonds. The second-order valence-corrected chi connectivity index (χ2v) is 17.4. The first-order valence-corrected chi connectivity index (χ1v) is 17.8. The zero-order valence-electron chi connectivity index (χ0n) is 23.9. The molecule has 0 saturated heterocycles. The van der Waals surface area contributed by atoms with E-state index in [0.29, 0.717) is 5.92 Å². The number of nitrogens with zero attached hydrogens (tertiary/aromatic N) is 2. The van der Waals surface area contributed by atoms with Crippen LogP contribution in [0.15, 0.2) is 91.3 Å². The van der Waals surface area contributed by atoms with Crippen molar-refractivity contribution in [2.45, 2.75) is 46.3 Å². The molecule has 6 aromatic rings. The van der Waals surface area contributed by atoms with Crippen molar-refractivity contribution >= 4 is 44.8 Å². The first-order valence-electron chi connectivity index (χ1n) is 13.4. The van der Waals surface area contributed by atoms with Gasteiger partial charge in [-0.3, -0.25) is 0 Å². The summed E-state index contributed by atoms with van der Waals surface area (Å²) in [7, 11) is -1.30. The fourth-order valence-corrected chi connectivity index (χ4v) is 6.99. The third-order valence-electron chi connectivity index (χ3n) is 6.90. The Balaban J connectivity index is 0.000000200. The van der Waals surface area contributed by atoms with Gasteiger partial charge in [-0.25, -0.2) is 0 Å². The second kappa shape index (κ2) is 12.7. The molecule has 205 valence electrons. The van der Waals surface area contributed by atoms with Crippen LogP contribution in [-0.2, 0) is 20.1 Å². The molecule has 3 aromatic heterocycles. The van der Waals surface area contributed by atoms with Gasteiger partial charge in [-0.15, -0.1) is 59.7 Å². The Morgan fingerprint density at radius 2 is 1.55 bits per heavy atom. The van der Waals surface area contributed by atoms with Gasteiger partial charge < -0.3 is 9.97 Å². The van der Waals surface area contributed by atoms with Crippen LogP contribution in [0.2, 0.25) is 19.6 Å². The van der Waals surface area contributed by atoms with E-state index in [4.69, 9.17) is 0 Å². The molecule has 0 fully saturated rings. The molecule has 0 unspecified atom stereocenters. The number of rotatable bonds is 4. The van der Waals surface area contributed by atoms with Crippen LogP contribution in [0.4, 0.5) is 0 Å². The van der Waals surface area contributed by atoms with Crippen molar-refractivity contribution < 1.29 is 20.1 Å². The third-order valence-corrected chi connectivity index (χ3v) is 10.1. The van der Waals surface area contributed by atoms with E-state index >= 15 is 0 Å². The van der Waals surface area contributed by atoms with Crippen LogP contribution in [-0.4, -0.2) is 18.0 Å². The van der Waals surface area contributed by atoms with Gasteiger partial charge in [0.05, 0.1) is 8.07 Å². The molecule has 0 N–H and O–H groups in total. The Labute approximate surface area is 256 Å². The number of hydrogen-bond donors (Lipinski definition) is 0. The van der Waals surface area contributed by atoms with Gasteiger partial charge in [0, 0.05) is 37.2 Å². The molecule has 0 aliphatic rings. The molecule has 3 heterocycles. The fourth-order valence-electron chi connectivity index (χ4n) is 4.47. The average Bonchev–Trinajstić information content (AvgIpc) is 3.32. The summed E-state index contributed by atoms with van der Waals surface area (Å²) in [4.78, 5) is 9.05. The molecule has 3 aromatic carbocycles. The zero-order valence-corrected chi connectivity index (χ0v) is 28.1. The summed E-state index contributed by atoms with van der Waals surface area (Å²) in [6.07, 6.45) is 3.87. The molecule has 1 radical (unpaired) electrons. The maximum absolute atomic E-state index is 4.61. The molecule has 0 aliphatic carbocycles. The number of aromatic nitrogens is 2. The zero-order chi connectivity index (χ0) is 27.6. The molecular formula is C35H34IrN2SSi-2. The molecule has 0 aliphatic heterocycles. The summed E-state index contributed by atoms with van der Waals surface area (Å²) in [6, 6.07) is 34.1. The van der Waals surface area contributed by atoms with Crippen LogP contribution in [0.5, 0.6) is 0 Å². The number of pyridine rings is 2. The van der Waals surface area contributed by atoms with E-state index in [9.17, 15) is 0 Å². The number of hydrogen-bond acceptors (Lipinski definition) is 3. The second-order valence-electron chi connectivity index (χ2n) is 11.3. The van der Waals surface area contributed by atoms with Gasteiger partial charge in [-0.2, -0.15) is 11.3 Å². The van der Waals surface area contributed by atoms with Crippen molar-refractivity contribution in [3.05, 3.63) is 115 Å². The van der Waals surface area contributed by atoms with Crippen LogP contribution in [0, 0.1) is 19.1 Å². The van der Waals surface area contributed by atoms with Crippen molar-refractivity contribution in [2.75, 3.05) is 0 Å². The fraction of sp³-hybridized carbons (Fsp3) is 0.200. The summed E-state index contributed by atoms with van der Waals surface area (Å²) >= 11 is 1.87. The summed E-state index contributed by atoms with van der Waals surface area (Å²) in [5.74, 6) is 0.534. The SMILES string of the molecule is CC(C)c1ccc(-c2[c-]cccc2)nc1.Cc1ccc(-c2[c-]ccc3c2sc2cc([Si](C)(C)C)ccc23)nc1.[Ir]. The third kappa shape index (κ3) is 6.67. The van der Waals surface area contributed by atoms with Gasteiger partial charge in [-0.05, 0) is 51.5 Å². The maximum Gasteiger partial charge on any atom is 0.0776 e. The number of thiophene rings is 1. The molecular weight excluding hydrogens is 701 g/mol. The Morgan fingerprint density at radius 1 is 0.775 bits per heavy atom. The predicted molar refractivity (Wildman–Crippen MR) is 172 cm³/mol. The van der Waals surface area contributed by atoms with Crippen LogP contribution >= 0.6 is 11.3 Å². The monoisotopic (exact) mass is 735 g/mol. The summed E-state index contributed by atoms with van der Waals surface area (Å²) < 4.78 is 2.66. The minimum absolute atomic E-state index is 0. The normalized spacial score (nSPS) is 11.3. The van der Waals surface area contributed by atoms with E-state index in [1.807, 2.05) is 54.1 Å². The van der Waals surface area contributed by atoms with E-state index in [2.05, 4.69) is 111 Å². The van der Waals surface area contributed by atoms with Gasteiger partial charge in [0.25, 0.3) is 0 Å².